The fourth-order valence-corrected chi connectivity index (χ4v) is 3.44. The highest BCUT2D eigenvalue weighted by atomic mass is 16.2. The summed E-state index contributed by atoms with van der Waals surface area (Å²) in [5.74, 6) is -0.521. The van der Waals surface area contributed by atoms with Crippen LogP contribution in [0.1, 0.15) is 45.7 Å². The summed E-state index contributed by atoms with van der Waals surface area (Å²) in [6.45, 7) is 0.773. The van der Waals surface area contributed by atoms with Crippen molar-refractivity contribution in [3.63, 3.8) is 0 Å². The van der Waals surface area contributed by atoms with Gasteiger partial charge in [-0.25, -0.2) is 0 Å². The standard InChI is InChI=1S/C19H23N3O2/c1-21-13-15(18(20)23)12-17(21)19(24)22-11-5-8-16(22)10-9-14-6-3-2-4-7-14/h2-4,6-7,12-13,16H,5,8-11H2,1H3,(H2,20,23). The molecule has 1 aliphatic rings. The van der Waals surface area contributed by atoms with Gasteiger partial charge in [0.1, 0.15) is 5.69 Å². The lowest BCUT2D eigenvalue weighted by Gasteiger charge is -2.25. The molecular formula is C19H23N3O2. The number of rotatable bonds is 5. The van der Waals surface area contributed by atoms with Gasteiger partial charge in [-0.15, -0.1) is 0 Å². The van der Waals surface area contributed by atoms with Crippen LogP contribution in [0.3, 0.4) is 0 Å². The van der Waals surface area contributed by atoms with Gasteiger partial charge in [-0.2, -0.15) is 0 Å². The molecule has 1 unspecified atom stereocenters. The molecule has 0 spiro atoms. The Kier molecular flexibility index (Phi) is 4.69. The van der Waals surface area contributed by atoms with E-state index in [0.717, 1.165) is 32.2 Å². The zero-order valence-electron chi connectivity index (χ0n) is 13.9. The number of likely N-dealkylation sites (tertiary alicyclic amines) is 1. The number of aryl methyl sites for hydroxylation is 2. The van der Waals surface area contributed by atoms with Crippen LogP contribution in [0, 0.1) is 0 Å². The van der Waals surface area contributed by atoms with Crippen molar-refractivity contribution < 1.29 is 9.59 Å². The third-order valence-corrected chi connectivity index (χ3v) is 4.76. The average molecular weight is 325 g/mol. The SMILES string of the molecule is Cn1cc(C(N)=O)cc1C(=O)N1CCCC1CCc1ccccc1. The Balaban J connectivity index is 1.70. The second-order valence-electron chi connectivity index (χ2n) is 6.41. The van der Waals surface area contributed by atoms with Crippen LogP contribution in [0.5, 0.6) is 0 Å². The number of hydrogen-bond donors (Lipinski definition) is 1. The second kappa shape index (κ2) is 6.91. The molecule has 2 amide bonds. The zero-order chi connectivity index (χ0) is 17.1. The number of carbonyl (C=O) groups is 2. The van der Waals surface area contributed by atoms with Crippen molar-refractivity contribution >= 4 is 11.8 Å². The molecule has 126 valence electrons. The van der Waals surface area contributed by atoms with E-state index in [9.17, 15) is 9.59 Å². The van der Waals surface area contributed by atoms with E-state index < -0.39 is 5.91 Å². The minimum absolute atomic E-state index is 0.0134. The minimum atomic E-state index is -0.508. The van der Waals surface area contributed by atoms with Crippen LogP contribution in [0.15, 0.2) is 42.6 Å². The molecule has 24 heavy (non-hydrogen) atoms. The first-order valence-electron chi connectivity index (χ1n) is 8.37. The molecule has 2 heterocycles. The van der Waals surface area contributed by atoms with Gasteiger partial charge in [0.2, 0.25) is 5.91 Å². The van der Waals surface area contributed by atoms with Crippen LogP contribution >= 0.6 is 0 Å². The Labute approximate surface area is 142 Å². The second-order valence-corrected chi connectivity index (χ2v) is 6.41. The average Bonchev–Trinajstić information content (AvgIpc) is 3.20. The van der Waals surface area contributed by atoms with E-state index in [-0.39, 0.29) is 11.9 Å². The van der Waals surface area contributed by atoms with Crippen molar-refractivity contribution in [1.29, 1.82) is 0 Å². The van der Waals surface area contributed by atoms with Gasteiger partial charge < -0.3 is 15.2 Å². The molecule has 1 aromatic carbocycles. The number of carbonyl (C=O) groups excluding carboxylic acids is 2. The Morgan fingerprint density at radius 3 is 2.67 bits per heavy atom. The highest BCUT2D eigenvalue weighted by Crippen LogP contribution is 2.24. The lowest BCUT2D eigenvalue weighted by Crippen LogP contribution is -2.36. The van der Waals surface area contributed by atoms with E-state index in [2.05, 4.69) is 12.1 Å². The van der Waals surface area contributed by atoms with Crippen LogP contribution in [0.2, 0.25) is 0 Å². The van der Waals surface area contributed by atoms with Gasteiger partial charge in [0.15, 0.2) is 0 Å². The maximum Gasteiger partial charge on any atom is 0.270 e. The van der Waals surface area contributed by atoms with E-state index >= 15 is 0 Å². The molecule has 2 aromatic rings. The minimum Gasteiger partial charge on any atom is -0.366 e. The maximum atomic E-state index is 12.9. The zero-order valence-corrected chi connectivity index (χ0v) is 13.9. The summed E-state index contributed by atoms with van der Waals surface area (Å²) in [4.78, 5) is 26.1. The highest BCUT2D eigenvalue weighted by Gasteiger charge is 2.30. The van der Waals surface area contributed by atoms with Crippen LogP contribution in [0.4, 0.5) is 0 Å². The number of nitrogens with zero attached hydrogens (tertiary/aromatic N) is 2. The van der Waals surface area contributed by atoms with Gasteiger partial charge in [-0.05, 0) is 37.3 Å². The summed E-state index contributed by atoms with van der Waals surface area (Å²) in [5.41, 5.74) is 7.51. The predicted octanol–water partition coefficient (Wildman–Crippen LogP) is 2.36. The largest absolute Gasteiger partial charge is 0.366 e. The smallest absolute Gasteiger partial charge is 0.270 e. The Morgan fingerprint density at radius 1 is 1.25 bits per heavy atom. The third-order valence-electron chi connectivity index (χ3n) is 4.76. The van der Waals surface area contributed by atoms with Gasteiger partial charge in [0, 0.05) is 25.8 Å². The molecule has 1 saturated heterocycles. The molecule has 3 rings (SSSR count). The topological polar surface area (TPSA) is 68.3 Å². The monoisotopic (exact) mass is 325 g/mol. The van der Waals surface area contributed by atoms with Crippen molar-refractivity contribution in [2.45, 2.75) is 31.7 Å². The lowest BCUT2D eigenvalue weighted by molar-refractivity contribution is 0.0721. The Bertz CT molecular complexity index is 736. The first-order chi connectivity index (χ1) is 11.6. The molecule has 0 radical (unpaired) electrons. The molecule has 5 heteroatoms. The number of hydrogen-bond acceptors (Lipinski definition) is 2. The van der Waals surface area contributed by atoms with Gasteiger partial charge in [-0.1, -0.05) is 30.3 Å². The van der Waals surface area contributed by atoms with Gasteiger partial charge in [-0.3, -0.25) is 9.59 Å². The van der Waals surface area contributed by atoms with Crippen LogP contribution in [-0.4, -0.2) is 33.9 Å². The number of amides is 2. The maximum absolute atomic E-state index is 12.9. The van der Waals surface area contributed by atoms with Crippen LogP contribution < -0.4 is 5.73 Å². The van der Waals surface area contributed by atoms with E-state index in [0.29, 0.717) is 11.3 Å². The summed E-state index contributed by atoms with van der Waals surface area (Å²) in [6.07, 6.45) is 5.60. The molecule has 1 aromatic heterocycles. The van der Waals surface area contributed by atoms with E-state index in [1.54, 1.807) is 23.9 Å². The Hall–Kier alpha value is -2.56. The number of aromatic nitrogens is 1. The highest BCUT2D eigenvalue weighted by molar-refractivity contribution is 5.98. The molecular weight excluding hydrogens is 302 g/mol. The summed E-state index contributed by atoms with van der Waals surface area (Å²) in [7, 11) is 1.77. The Morgan fingerprint density at radius 2 is 2.00 bits per heavy atom. The van der Waals surface area contributed by atoms with Crippen molar-refractivity contribution in [3.8, 4) is 0 Å². The van der Waals surface area contributed by atoms with Gasteiger partial charge in [0.25, 0.3) is 5.91 Å². The van der Waals surface area contributed by atoms with E-state index in [1.165, 1.54) is 5.56 Å². The molecule has 1 fully saturated rings. The summed E-state index contributed by atoms with van der Waals surface area (Å²) < 4.78 is 1.69. The van der Waals surface area contributed by atoms with E-state index in [4.69, 9.17) is 5.73 Å². The van der Waals surface area contributed by atoms with E-state index in [1.807, 2.05) is 23.1 Å². The lowest BCUT2D eigenvalue weighted by atomic mass is 10.0. The molecule has 5 nitrogen and oxygen atoms in total. The van der Waals surface area contributed by atoms with Crippen LogP contribution in [-0.2, 0) is 13.5 Å². The number of benzene rings is 1. The van der Waals surface area contributed by atoms with Crippen LogP contribution in [0.25, 0.3) is 0 Å². The molecule has 0 bridgehead atoms. The van der Waals surface area contributed by atoms with Gasteiger partial charge >= 0.3 is 0 Å². The molecule has 0 aliphatic carbocycles. The van der Waals surface area contributed by atoms with Crippen molar-refractivity contribution in [2.24, 2.45) is 12.8 Å². The molecule has 0 saturated carbocycles. The summed E-state index contributed by atoms with van der Waals surface area (Å²) >= 11 is 0. The third kappa shape index (κ3) is 3.35. The fourth-order valence-electron chi connectivity index (χ4n) is 3.44. The molecule has 1 atom stereocenters. The van der Waals surface area contributed by atoms with Crippen molar-refractivity contribution in [1.82, 2.24) is 9.47 Å². The fraction of sp³-hybridized carbons (Fsp3) is 0.368. The van der Waals surface area contributed by atoms with Crippen molar-refractivity contribution in [3.05, 3.63) is 59.4 Å². The predicted molar refractivity (Wildman–Crippen MR) is 92.8 cm³/mol. The van der Waals surface area contributed by atoms with Gasteiger partial charge in [0.05, 0.1) is 5.56 Å². The molecule has 2 N–H and O–H groups in total. The van der Waals surface area contributed by atoms with Crippen molar-refractivity contribution in [2.75, 3.05) is 6.54 Å². The quantitative estimate of drug-likeness (QED) is 0.917. The summed E-state index contributed by atoms with van der Waals surface area (Å²) in [6, 6.07) is 12.2. The number of primary amides is 1. The summed E-state index contributed by atoms with van der Waals surface area (Å²) in [5, 5.41) is 0. The first kappa shape index (κ1) is 16.3. The normalized spacial score (nSPS) is 17.2. The first-order valence-corrected chi connectivity index (χ1v) is 8.37. The number of nitrogens with two attached hydrogens (primary N) is 1. The molecule has 1 aliphatic heterocycles.